The van der Waals surface area contributed by atoms with E-state index in [1.165, 1.54) is 19.3 Å². The van der Waals surface area contributed by atoms with Gasteiger partial charge in [-0.3, -0.25) is 9.36 Å². The Morgan fingerprint density at radius 3 is 2.87 bits per heavy atom. The van der Waals surface area contributed by atoms with Crippen LogP contribution in [0.25, 0.3) is 5.82 Å². The van der Waals surface area contributed by atoms with E-state index < -0.39 is 0 Å². The highest BCUT2D eigenvalue weighted by Gasteiger charge is 2.15. The zero-order valence-electron chi connectivity index (χ0n) is 13.1. The van der Waals surface area contributed by atoms with E-state index in [2.05, 4.69) is 15.3 Å². The van der Waals surface area contributed by atoms with Gasteiger partial charge in [-0.05, 0) is 24.5 Å². The quantitative estimate of drug-likeness (QED) is 0.888. The van der Waals surface area contributed by atoms with Crippen LogP contribution >= 0.6 is 0 Å². The molecule has 0 unspecified atom stereocenters. The molecule has 23 heavy (non-hydrogen) atoms. The van der Waals surface area contributed by atoms with Gasteiger partial charge in [-0.2, -0.15) is 0 Å². The molecule has 2 aromatic rings. The molecule has 1 saturated carbocycles. The highest BCUT2D eigenvalue weighted by Crippen LogP contribution is 2.19. The smallest absolute Gasteiger partial charge is 0.246 e. The van der Waals surface area contributed by atoms with E-state index in [9.17, 15) is 4.79 Å². The third-order valence-corrected chi connectivity index (χ3v) is 4.07. The molecule has 122 valence electrons. The lowest BCUT2D eigenvalue weighted by molar-refractivity contribution is -0.128. The molecule has 1 N–H and O–H groups in total. The second kappa shape index (κ2) is 7.87. The fourth-order valence-electron chi connectivity index (χ4n) is 2.75. The molecule has 0 bridgehead atoms. The van der Waals surface area contributed by atoms with Crippen LogP contribution in [0.1, 0.15) is 37.7 Å². The highest BCUT2D eigenvalue weighted by molar-refractivity contribution is 5.77. The summed E-state index contributed by atoms with van der Waals surface area (Å²) in [7, 11) is 0. The van der Waals surface area contributed by atoms with Gasteiger partial charge in [0.1, 0.15) is 18.8 Å². The van der Waals surface area contributed by atoms with Crippen molar-refractivity contribution in [1.29, 1.82) is 0 Å². The maximum atomic E-state index is 11.8. The van der Waals surface area contributed by atoms with Crippen molar-refractivity contribution in [3.05, 3.63) is 42.6 Å². The average Bonchev–Trinajstić information content (AvgIpc) is 3.14. The molecule has 0 saturated heterocycles. The number of imidazole rings is 1. The number of nitrogens with one attached hydrogen (secondary N) is 1. The van der Waals surface area contributed by atoms with Crippen molar-refractivity contribution in [2.75, 3.05) is 6.61 Å². The van der Waals surface area contributed by atoms with Crippen molar-refractivity contribution in [2.45, 2.75) is 44.8 Å². The minimum atomic E-state index is -0.0748. The highest BCUT2D eigenvalue weighted by atomic mass is 16.5. The normalized spacial score (nSPS) is 15.5. The number of aromatic nitrogens is 3. The monoisotopic (exact) mass is 314 g/mol. The number of ether oxygens (including phenoxy) is 1. The van der Waals surface area contributed by atoms with Crippen molar-refractivity contribution in [2.24, 2.45) is 0 Å². The Kier molecular flexibility index (Phi) is 5.37. The number of carbonyl (C=O) groups excluding carboxylic acids is 1. The molecule has 0 spiro atoms. The largest absolute Gasteiger partial charge is 0.368 e. The molecule has 2 heterocycles. The van der Waals surface area contributed by atoms with Crippen LogP contribution in [0.3, 0.4) is 0 Å². The second-order valence-corrected chi connectivity index (χ2v) is 5.84. The summed E-state index contributed by atoms with van der Waals surface area (Å²) in [5.74, 6) is 0.729. The minimum Gasteiger partial charge on any atom is -0.368 e. The number of amides is 1. The van der Waals surface area contributed by atoms with Crippen molar-refractivity contribution in [3.63, 3.8) is 0 Å². The molecule has 2 aromatic heterocycles. The molecule has 1 aliphatic rings. The first kappa shape index (κ1) is 15.7. The van der Waals surface area contributed by atoms with Gasteiger partial charge >= 0.3 is 0 Å². The van der Waals surface area contributed by atoms with E-state index in [0.717, 1.165) is 24.2 Å². The fourth-order valence-corrected chi connectivity index (χ4v) is 2.75. The van der Waals surface area contributed by atoms with Crippen LogP contribution in [0.2, 0.25) is 0 Å². The van der Waals surface area contributed by atoms with Crippen LogP contribution in [0, 0.1) is 0 Å². The molecule has 1 fully saturated rings. The molecule has 0 radical (unpaired) electrons. The van der Waals surface area contributed by atoms with E-state index in [0.29, 0.717) is 6.54 Å². The summed E-state index contributed by atoms with van der Waals surface area (Å²) in [5.41, 5.74) is 0.958. The van der Waals surface area contributed by atoms with Crippen LogP contribution in [-0.4, -0.2) is 33.2 Å². The Hall–Kier alpha value is -2.21. The van der Waals surface area contributed by atoms with Gasteiger partial charge in [-0.1, -0.05) is 25.3 Å². The summed E-state index contributed by atoms with van der Waals surface area (Å²) in [4.78, 5) is 20.2. The SMILES string of the molecule is O=C(COC1CCCCC1)NCc1ccc(-n2ccnc2)nc1. The summed E-state index contributed by atoms with van der Waals surface area (Å²) in [6, 6.07) is 3.85. The second-order valence-electron chi connectivity index (χ2n) is 5.84. The summed E-state index contributed by atoms with van der Waals surface area (Å²) < 4.78 is 7.50. The molecule has 1 aliphatic carbocycles. The van der Waals surface area contributed by atoms with E-state index >= 15 is 0 Å². The van der Waals surface area contributed by atoms with E-state index in [4.69, 9.17) is 4.74 Å². The number of nitrogens with zero attached hydrogens (tertiary/aromatic N) is 3. The van der Waals surface area contributed by atoms with Crippen LogP contribution < -0.4 is 5.32 Å². The first-order valence-electron chi connectivity index (χ1n) is 8.13. The van der Waals surface area contributed by atoms with Crippen LogP contribution in [-0.2, 0) is 16.1 Å². The first-order chi connectivity index (χ1) is 11.3. The van der Waals surface area contributed by atoms with Gasteiger partial charge in [0.05, 0.1) is 6.10 Å². The Labute approximate surface area is 135 Å². The predicted octanol–water partition coefficient (Wildman–Crippen LogP) is 2.23. The summed E-state index contributed by atoms with van der Waals surface area (Å²) in [5, 5.41) is 2.87. The Balaban J connectivity index is 1.41. The lowest BCUT2D eigenvalue weighted by Gasteiger charge is -2.21. The molecular weight excluding hydrogens is 292 g/mol. The fraction of sp³-hybridized carbons (Fsp3) is 0.471. The number of hydrogen-bond acceptors (Lipinski definition) is 4. The number of pyridine rings is 1. The van der Waals surface area contributed by atoms with Crippen molar-refractivity contribution < 1.29 is 9.53 Å². The maximum Gasteiger partial charge on any atom is 0.246 e. The van der Waals surface area contributed by atoms with Gasteiger partial charge in [0, 0.05) is 25.1 Å². The topological polar surface area (TPSA) is 69.0 Å². The summed E-state index contributed by atoms with van der Waals surface area (Å²) in [6.45, 7) is 0.606. The number of rotatable bonds is 6. The van der Waals surface area contributed by atoms with Crippen molar-refractivity contribution in [3.8, 4) is 5.82 Å². The van der Waals surface area contributed by atoms with E-state index in [1.807, 2.05) is 22.9 Å². The standard InChI is InChI=1S/C17H22N4O2/c22-17(12-23-15-4-2-1-3-5-15)20-11-14-6-7-16(19-10-14)21-9-8-18-13-21/h6-10,13,15H,1-5,11-12H2,(H,20,22). The lowest BCUT2D eigenvalue weighted by Crippen LogP contribution is -2.30. The Morgan fingerprint density at radius 1 is 1.30 bits per heavy atom. The zero-order valence-corrected chi connectivity index (χ0v) is 13.1. The Morgan fingerprint density at radius 2 is 2.17 bits per heavy atom. The molecule has 0 aromatic carbocycles. The van der Waals surface area contributed by atoms with Crippen LogP contribution in [0.15, 0.2) is 37.1 Å². The van der Waals surface area contributed by atoms with Gasteiger partial charge in [0.15, 0.2) is 0 Å². The van der Waals surface area contributed by atoms with Gasteiger partial charge in [-0.15, -0.1) is 0 Å². The molecule has 6 nitrogen and oxygen atoms in total. The molecule has 1 amide bonds. The third kappa shape index (κ3) is 4.63. The van der Waals surface area contributed by atoms with Crippen LogP contribution in [0.5, 0.6) is 0 Å². The average molecular weight is 314 g/mol. The van der Waals surface area contributed by atoms with Crippen molar-refractivity contribution >= 4 is 5.91 Å². The molecule has 6 heteroatoms. The molecular formula is C17H22N4O2. The minimum absolute atomic E-state index is 0.0748. The number of hydrogen-bond donors (Lipinski definition) is 1. The van der Waals surface area contributed by atoms with Gasteiger partial charge in [0.2, 0.25) is 5.91 Å². The van der Waals surface area contributed by atoms with Crippen LogP contribution in [0.4, 0.5) is 0 Å². The maximum absolute atomic E-state index is 11.8. The zero-order chi connectivity index (χ0) is 15.9. The molecule has 0 aliphatic heterocycles. The van der Waals surface area contributed by atoms with Gasteiger partial charge < -0.3 is 10.1 Å². The Bertz CT molecular complexity index is 604. The van der Waals surface area contributed by atoms with Gasteiger partial charge in [-0.25, -0.2) is 9.97 Å². The first-order valence-corrected chi connectivity index (χ1v) is 8.13. The molecule has 3 rings (SSSR count). The van der Waals surface area contributed by atoms with E-state index in [1.54, 1.807) is 18.7 Å². The third-order valence-electron chi connectivity index (χ3n) is 4.07. The number of carbonyl (C=O) groups is 1. The van der Waals surface area contributed by atoms with E-state index in [-0.39, 0.29) is 18.6 Å². The van der Waals surface area contributed by atoms with Crippen molar-refractivity contribution in [1.82, 2.24) is 19.9 Å². The summed E-state index contributed by atoms with van der Waals surface area (Å²) in [6.07, 6.45) is 13.1. The van der Waals surface area contributed by atoms with Gasteiger partial charge in [0.25, 0.3) is 0 Å². The predicted molar refractivity (Wildman–Crippen MR) is 86.0 cm³/mol. The lowest BCUT2D eigenvalue weighted by atomic mass is 9.98. The summed E-state index contributed by atoms with van der Waals surface area (Å²) >= 11 is 0. The molecule has 0 atom stereocenters.